The first-order chi connectivity index (χ1) is 19.7. The number of carbonyl (C=O) groups is 1. The Morgan fingerprint density at radius 3 is 2.31 bits per heavy atom. The number of aromatic nitrogens is 1. The van der Waals surface area contributed by atoms with Crippen molar-refractivity contribution in [1.82, 2.24) is 19.7 Å². The number of benzene rings is 1. The SMILES string of the molecule is CC(C)(C)OC(=O)N1CCN(CCC(O)N2CCC(c3nc(-c4ccc5c(c4)C(C)(C)CCC5(C)C)cs3)CC2)CC1. The van der Waals surface area contributed by atoms with E-state index in [0.29, 0.717) is 19.0 Å². The second-order valence-corrected chi connectivity index (χ2v) is 15.9. The van der Waals surface area contributed by atoms with Gasteiger partial charge in [0.15, 0.2) is 0 Å². The smallest absolute Gasteiger partial charge is 0.410 e. The molecule has 1 aromatic carbocycles. The third-order valence-corrected chi connectivity index (χ3v) is 10.7. The van der Waals surface area contributed by atoms with Gasteiger partial charge in [0.25, 0.3) is 0 Å². The number of amides is 1. The number of hydrogen-bond acceptors (Lipinski definition) is 7. The van der Waals surface area contributed by atoms with Gasteiger partial charge in [-0.25, -0.2) is 9.78 Å². The highest BCUT2D eigenvalue weighted by molar-refractivity contribution is 7.10. The molecule has 3 aliphatic rings. The highest BCUT2D eigenvalue weighted by atomic mass is 32.1. The second-order valence-electron chi connectivity index (χ2n) is 15.0. The zero-order chi connectivity index (χ0) is 30.3. The van der Waals surface area contributed by atoms with Gasteiger partial charge in [-0.2, -0.15) is 0 Å². The van der Waals surface area contributed by atoms with Crippen LogP contribution in [0, 0.1) is 0 Å². The molecule has 8 heteroatoms. The number of carbonyl (C=O) groups excluding carboxylic acids is 1. The minimum Gasteiger partial charge on any atom is -0.444 e. The third kappa shape index (κ3) is 7.20. The Balaban J connectivity index is 1.09. The predicted octanol–water partition coefficient (Wildman–Crippen LogP) is 6.60. The molecule has 232 valence electrons. The number of fused-ring (bicyclic) bond motifs is 1. The summed E-state index contributed by atoms with van der Waals surface area (Å²) in [5, 5.41) is 14.4. The van der Waals surface area contributed by atoms with Gasteiger partial charge in [0.2, 0.25) is 0 Å². The van der Waals surface area contributed by atoms with Crippen LogP contribution in [0.4, 0.5) is 4.79 Å². The molecule has 1 aromatic heterocycles. The van der Waals surface area contributed by atoms with Crippen LogP contribution in [-0.2, 0) is 15.6 Å². The number of ether oxygens (including phenoxy) is 1. The lowest BCUT2D eigenvalue weighted by Crippen LogP contribution is -2.51. The lowest BCUT2D eigenvalue weighted by atomic mass is 9.63. The Kier molecular flexibility index (Phi) is 9.11. The third-order valence-electron chi connectivity index (χ3n) is 9.70. The van der Waals surface area contributed by atoms with Gasteiger partial charge in [-0.3, -0.25) is 9.80 Å². The number of aliphatic hydroxyl groups is 1. The molecule has 0 spiro atoms. The molecule has 1 amide bonds. The van der Waals surface area contributed by atoms with Crippen LogP contribution in [-0.4, -0.2) is 88.5 Å². The van der Waals surface area contributed by atoms with Crippen LogP contribution in [0.5, 0.6) is 0 Å². The molecule has 2 saturated heterocycles. The van der Waals surface area contributed by atoms with E-state index in [1.807, 2.05) is 20.8 Å². The number of piperazine rings is 1. The van der Waals surface area contributed by atoms with Crippen LogP contribution in [0.1, 0.15) is 103 Å². The standard InChI is InChI=1S/C34H52N4O3S/c1-32(2,3)41-31(40)38-20-18-36(19-21-38)15-12-29(39)37-16-10-24(11-17-37)30-35-28(23-42-30)25-8-9-26-27(22-25)34(6,7)14-13-33(26,4)5/h8-9,22-24,29,39H,10-21H2,1-7H3. The molecule has 2 aromatic rings. The van der Waals surface area contributed by atoms with E-state index < -0.39 is 11.8 Å². The molecular formula is C34H52N4O3S. The van der Waals surface area contributed by atoms with Crippen LogP contribution in [0.15, 0.2) is 23.6 Å². The van der Waals surface area contributed by atoms with E-state index in [4.69, 9.17) is 9.72 Å². The Hall–Kier alpha value is -2.00. The molecule has 0 radical (unpaired) electrons. The fraction of sp³-hybridized carbons (Fsp3) is 0.706. The molecule has 2 aliphatic heterocycles. The van der Waals surface area contributed by atoms with Gasteiger partial charge in [0.05, 0.1) is 10.7 Å². The van der Waals surface area contributed by atoms with E-state index in [-0.39, 0.29) is 16.9 Å². The molecule has 7 nitrogen and oxygen atoms in total. The van der Waals surface area contributed by atoms with Gasteiger partial charge in [0, 0.05) is 62.7 Å². The van der Waals surface area contributed by atoms with Crippen molar-refractivity contribution in [3.8, 4) is 11.3 Å². The Labute approximate surface area is 257 Å². The quantitative estimate of drug-likeness (QED) is 0.405. The summed E-state index contributed by atoms with van der Waals surface area (Å²) in [7, 11) is 0. The maximum absolute atomic E-state index is 12.3. The van der Waals surface area contributed by atoms with E-state index in [9.17, 15) is 9.90 Å². The van der Waals surface area contributed by atoms with E-state index in [1.165, 1.54) is 34.5 Å². The Bertz CT molecular complexity index is 1230. The van der Waals surface area contributed by atoms with Crippen molar-refractivity contribution in [2.45, 2.75) is 109 Å². The van der Waals surface area contributed by atoms with Gasteiger partial charge in [-0.15, -0.1) is 11.3 Å². The van der Waals surface area contributed by atoms with Crippen molar-refractivity contribution in [2.75, 3.05) is 45.8 Å². The number of likely N-dealkylation sites (tertiary alicyclic amines) is 1. The largest absolute Gasteiger partial charge is 0.444 e. The molecule has 42 heavy (non-hydrogen) atoms. The van der Waals surface area contributed by atoms with Gasteiger partial charge < -0.3 is 14.7 Å². The van der Waals surface area contributed by atoms with E-state index >= 15 is 0 Å². The number of piperidine rings is 1. The number of nitrogens with zero attached hydrogens (tertiary/aromatic N) is 4. The number of rotatable bonds is 6. The maximum atomic E-state index is 12.3. The first kappa shape index (κ1) is 31.4. The maximum Gasteiger partial charge on any atom is 0.410 e. The first-order valence-corrected chi connectivity index (χ1v) is 16.8. The zero-order valence-corrected chi connectivity index (χ0v) is 27.7. The van der Waals surface area contributed by atoms with Crippen LogP contribution in [0.2, 0.25) is 0 Å². The summed E-state index contributed by atoms with van der Waals surface area (Å²) in [6.45, 7) is 20.8. The van der Waals surface area contributed by atoms with Gasteiger partial charge in [-0.05, 0) is 80.9 Å². The average molecular weight is 597 g/mol. The van der Waals surface area contributed by atoms with Crippen molar-refractivity contribution in [3.63, 3.8) is 0 Å². The monoisotopic (exact) mass is 596 g/mol. The van der Waals surface area contributed by atoms with Gasteiger partial charge >= 0.3 is 6.09 Å². The number of aliphatic hydroxyl groups excluding tert-OH is 1. The molecule has 0 bridgehead atoms. The molecule has 5 rings (SSSR count). The molecule has 2 fully saturated rings. The minimum absolute atomic E-state index is 0.196. The van der Waals surface area contributed by atoms with E-state index in [1.54, 1.807) is 16.2 Å². The summed E-state index contributed by atoms with van der Waals surface area (Å²) >= 11 is 1.80. The fourth-order valence-electron chi connectivity index (χ4n) is 6.76. The van der Waals surface area contributed by atoms with Gasteiger partial charge in [-0.1, -0.05) is 39.8 Å². The zero-order valence-electron chi connectivity index (χ0n) is 26.9. The summed E-state index contributed by atoms with van der Waals surface area (Å²) in [6.07, 6.45) is 4.58. The second kappa shape index (κ2) is 12.2. The lowest BCUT2D eigenvalue weighted by molar-refractivity contribution is -0.0257. The van der Waals surface area contributed by atoms with Crippen molar-refractivity contribution in [2.24, 2.45) is 0 Å². The van der Waals surface area contributed by atoms with E-state index in [2.05, 4.69) is 61.1 Å². The summed E-state index contributed by atoms with van der Waals surface area (Å²) in [4.78, 5) is 23.8. The minimum atomic E-state index is -0.468. The first-order valence-electron chi connectivity index (χ1n) is 16.0. The molecule has 1 atom stereocenters. The molecule has 1 unspecified atom stereocenters. The number of hydrogen-bond donors (Lipinski definition) is 1. The highest BCUT2D eigenvalue weighted by Gasteiger charge is 2.37. The van der Waals surface area contributed by atoms with Crippen molar-refractivity contribution in [1.29, 1.82) is 0 Å². The van der Waals surface area contributed by atoms with Crippen molar-refractivity contribution < 1.29 is 14.6 Å². The topological polar surface area (TPSA) is 69.1 Å². The van der Waals surface area contributed by atoms with Gasteiger partial charge in [0.1, 0.15) is 11.8 Å². The molecule has 1 aliphatic carbocycles. The summed E-state index contributed by atoms with van der Waals surface area (Å²) in [5.74, 6) is 0.459. The van der Waals surface area contributed by atoms with Crippen LogP contribution in [0.3, 0.4) is 0 Å². The van der Waals surface area contributed by atoms with Crippen molar-refractivity contribution >= 4 is 17.4 Å². The van der Waals surface area contributed by atoms with Crippen molar-refractivity contribution in [3.05, 3.63) is 39.7 Å². The van der Waals surface area contributed by atoms with E-state index in [0.717, 1.165) is 57.7 Å². The fourth-order valence-corrected chi connectivity index (χ4v) is 7.76. The Morgan fingerprint density at radius 1 is 1.02 bits per heavy atom. The normalized spacial score (nSPS) is 22.5. The average Bonchev–Trinajstić information content (AvgIpc) is 3.44. The number of thiazole rings is 1. The van der Waals surface area contributed by atoms with Crippen LogP contribution < -0.4 is 0 Å². The predicted molar refractivity (Wildman–Crippen MR) is 171 cm³/mol. The molecule has 1 N–H and O–H groups in total. The van der Waals surface area contributed by atoms with Crippen LogP contribution in [0.25, 0.3) is 11.3 Å². The molecular weight excluding hydrogens is 544 g/mol. The molecule has 0 saturated carbocycles. The summed E-state index contributed by atoms with van der Waals surface area (Å²) in [6, 6.07) is 7.04. The highest BCUT2D eigenvalue weighted by Crippen LogP contribution is 2.47. The lowest BCUT2D eigenvalue weighted by Gasteiger charge is -2.42. The summed E-state index contributed by atoms with van der Waals surface area (Å²) < 4.78 is 5.51. The molecule has 3 heterocycles. The van der Waals surface area contributed by atoms with Crippen LogP contribution >= 0.6 is 11.3 Å². The summed E-state index contributed by atoms with van der Waals surface area (Å²) in [5.41, 5.74) is 5.27. The Morgan fingerprint density at radius 2 is 1.67 bits per heavy atom.